The second-order valence-electron chi connectivity index (χ2n) is 3.09. The minimum absolute atomic E-state index is 0.0564. The molecular weight excluding hydrogens is 174 g/mol. The Balaban J connectivity index is 2.69. The van der Waals surface area contributed by atoms with Crippen molar-refractivity contribution in [3.8, 4) is 12.3 Å². The molecule has 0 heterocycles. The van der Waals surface area contributed by atoms with Crippen LogP contribution in [0.4, 0.5) is 5.69 Å². The molecule has 1 amide bonds. The van der Waals surface area contributed by atoms with E-state index >= 15 is 0 Å². The number of anilines is 1. The minimum Gasteiger partial charge on any atom is -0.326 e. The van der Waals surface area contributed by atoms with Crippen LogP contribution in [0.2, 0.25) is 0 Å². The molecule has 2 heteroatoms. The van der Waals surface area contributed by atoms with Gasteiger partial charge in [0.05, 0.1) is 0 Å². The van der Waals surface area contributed by atoms with Crippen LogP contribution in [0.5, 0.6) is 0 Å². The molecule has 1 aromatic rings. The fourth-order valence-corrected chi connectivity index (χ4v) is 1.22. The lowest BCUT2D eigenvalue weighted by Crippen LogP contribution is -2.05. The molecule has 0 aliphatic heterocycles. The summed E-state index contributed by atoms with van der Waals surface area (Å²) in [5.74, 6) is 2.53. The second-order valence-corrected chi connectivity index (χ2v) is 3.09. The van der Waals surface area contributed by atoms with Gasteiger partial charge in [0.15, 0.2) is 0 Å². The predicted octanol–water partition coefficient (Wildman–Crippen LogP) is 2.21. The summed E-state index contributed by atoms with van der Waals surface area (Å²) in [5.41, 5.74) is 1.97. The molecule has 0 saturated heterocycles. The van der Waals surface area contributed by atoms with E-state index in [-0.39, 0.29) is 5.91 Å². The van der Waals surface area contributed by atoms with Gasteiger partial charge in [-0.05, 0) is 24.1 Å². The maximum Gasteiger partial charge on any atom is 0.221 e. The number of carbonyl (C=O) groups excluding carboxylic acids is 1. The van der Waals surface area contributed by atoms with Crippen LogP contribution in [-0.4, -0.2) is 5.91 Å². The van der Waals surface area contributed by atoms with Crippen molar-refractivity contribution in [1.82, 2.24) is 0 Å². The maximum absolute atomic E-state index is 10.8. The lowest BCUT2D eigenvalue weighted by molar-refractivity contribution is -0.114. The van der Waals surface area contributed by atoms with Crippen molar-refractivity contribution in [2.75, 3.05) is 5.32 Å². The van der Waals surface area contributed by atoms with Crippen LogP contribution in [0.3, 0.4) is 0 Å². The zero-order valence-electron chi connectivity index (χ0n) is 8.21. The number of amides is 1. The topological polar surface area (TPSA) is 29.1 Å². The van der Waals surface area contributed by atoms with Crippen molar-refractivity contribution in [1.29, 1.82) is 0 Å². The molecule has 0 spiro atoms. The molecule has 0 radical (unpaired) electrons. The molecule has 0 saturated carbocycles. The van der Waals surface area contributed by atoms with Crippen molar-refractivity contribution < 1.29 is 4.79 Å². The largest absolute Gasteiger partial charge is 0.326 e. The van der Waals surface area contributed by atoms with Crippen molar-refractivity contribution in [3.63, 3.8) is 0 Å². The van der Waals surface area contributed by atoms with Crippen LogP contribution in [0.1, 0.15) is 18.9 Å². The molecule has 0 atom stereocenters. The Morgan fingerprint density at radius 2 is 2.36 bits per heavy atom. The smallest absolute Gasteiger partial charge is 0.221 e. The second kappa shape index (κ2) is 5.08. The van der Waals surface area contributed by atoms with Gasteiger partial charge in [-0.3, -0.25) is 4.79 Å². The van der Waals surface area contributed by atoms with Gasteiger partial charge in [0.25, 0.3) is 0 Å². The Hall–Kier alpha value is -1.75. The van der Waals surface area contributed by atoms with E-state index in [9.17, 15) is 4.79 Å². The molecule has 0 fully saturated rings. The van der Waals surface area contributed by atoms with Crippen LogP contribution in [0, 0.1) is 12.3 Å². The number of rotatable bonds is 3. The summed E-state index contributed by atoms with van der Waals surface area (Å²) in [6.07, 6.45) is 6.75. The van der Waals surface area contributed by atoms with Crippen molar-refractivity contribution >= 4 is 11.6 Å². The van der Waals surface area contributed by atoms with E-state index in [1.165, 1.54) is 6.92 Å². The molecule has 1 aromatic carbocycles. The first-order valence-electron chi connectivity index (χ1n) is 4.52. The number of carbonyl (C=O) groups is 1. The molecule has 14 heavy (non-hydrogen) atoms. The number of terminal acetylenes is 1. The number of nitrogens with one attached hydrogen (secondary N) is 1. The first-order valence-corrected chi connectivity index (χ1v) is 4.52. The fourth-order valence-electron chi connectivity index (χ4n) is 1.22. The van der Waals surface area contributed by atoms with Gasteiger partial charge in [0, 0.05) is 19.0 Å². The molecule has 0 bridgehead atoms. The third-order valence-corrected chi connectivity index (χ3v) is 1.81. The minimum atomic E-state index is -0.0564. The van der Waals surface area contributed by atoms with Gasteiger partial charge >= 0.3 is 0 Å². The third kappa shape index (κ3) is 3.32. The Labute approximate surface area is 84.3 Å². The summed E-state index contributed by atoms with van der Waals surface area (Å²) in [7, 11) is 0. The quantitative estimate of drug-likeness (QED) is 0.722. The summed E-state index contributed by atoms with van der Waals surface area (Å²) < 4.78 is 0. The number of hydrogen-bond acceptors (Lipinski definition) is 1. The van der Waals surface area contributed by atoms with E-state index in [4.69, 9.17) is 6.42 Å². The average molecular weight is 187 g/mol. The highest BCUT2D eigenvalue weighted by molar-refractivity contribution is 5.88. The van der Waals surface area contributed by atoms with Crippen molar-refractivity contribution in [2.24, 2.45) is 0 Å². The number of aryl methyl sites for hydroxylation is 1. The van der Waals surface area contributed by atoms with E-state index in [0.29, 0.717) is 0 Å². The van der Waals surface area contributed by atoms with Crippen LogP contribution < -0.4 is 5.32 Å². The Kier molecular flexibility index (Phi) is 3.75. The van der Waals surface area contributed by atoms with Crippen LogP contribution >= 0.6 is 0 Å². The molecule has 0 unspecified atom stereocenters. The van der Waals surface area contributed by atoms with Crippen molar-refractivity contribution in [2.45, 2.75) is 19.8 Å². The van der Waals surface area contributed by atoms with Gasteiger partial charge < -0.3 is 5.32 Å². The number of benzene rings is 1. The maximum atomic E-state index is 10.8. The predicted molar refractivity (Wildman–Crippen MR) is 57.9 cm³/mol. The van der Waals surface area contributed by atoms with E-state index in [0.717, 1.165) is 24.1 Å². The number of hydrogen-bond donors (Lipinski definition) is 1. The van der Waals surface area contributed by atoms with Crippen LogP contribution in [-0.2, 0) is 11.2 Å². The molecule has 0 aromatic heterocycles. The first-order chi connectivity index (χ1) is 6.72. The monoisotopic (exact) mass is 187 g/mol. The Morgan fingerprint density at radius 1 is 1.57 bits per heavy atom. The van der Waals surface area contributed by atoms with E-state index in [1.807, 2.05) is 24.3 Å². The Bertz CT molecular complexity index is 363. The van der Waals surface area contributed by atoms with Gasteiger partial charge in [-0.25, -0.2) is 0 Å². The summed E-state index contributed by atoms with van der Waals surface area (Å²) in [6, 6.07) is 7.72. The fraction of sp³-hybridized carbons (Fsp3) is 0.250. The molecular formula is C12H13NO. The summed E-state index contributed by atoms with van der Waals surface area (Å²) in [6.45, 7) is 1.49. The Morgan fingerprint density at radius 3 is 3.00 bits per heavy atom. The van der Waals surface area contributed by atoms with E-state index in [1.54, 1.807) is 0 Å². The zero-order chi connectivity index (χ0) is 10.4. The van der Waals surface area contributed by atoms with E-state index in [2.05, 4.69) is 11.2 Å². The van der Waals surface area contributed by atoms with Crippen molar-refractivity contribution in [3.05, 3.63) is 29.8 Å². The molecule has 1 N–H and O–H groups in total. The summed E-state index contributed by atoms with van der Waals surface area (Å²) in [4.78, 5) is 10.8. The van der Waals surface area contributed by atoms with Gasteiger partial charge in [-0.1, -0.05) is 12.1 Å². The lowest BCUT2D eigenvalue weighted by atomic mass is 10.1. The zero-order valence-corrected chi connectivity index (χ0v) is 8.21. The normalized spacial score (nSPS) is 9.14. The molecule has 0 aliphatic carbocycles. The van der Waals surface area contributed by atoms with Crippen LogP contribution in [0.15, 0.2) is 24.3 Å². The highest BCUT2D eigenvalue weighted by atomic mass is 16.1. The average Bonchev–Trinajstić information content (AvgIpc) is 2.14. The highest BCUT2D eigenvalue weighted by Gasteiger charge is 1.96. The van der Waals surface area contributed by atoms with Gasteiger partial charge in [-0.15, -0.1) is 12.3 Å². The molecule has 72 valence electrons. The van der Waals surface area contributed by atoms with Gasteiger partial charge in [0.1, 0.15) is 0 Å². The van der Waals surface area contributed by atoms with Gasteiger partial charge in [0.2, 0.25) is 5.91 Å². The van der Waals surface area contributed by atoms with E-state index < -0.39 is 0 Å². The molecule has 0 aliphatic rings. The standard InChI is InChI=1S/C12H13NO/c1-3-4-6-11-7-5-8-12(9-11)13-10(2)14/h1,5,7-9H,4,6H2,2H3,(H,13,14). The van der Waals surface area contributed by atoms with Crippen LogP contribution in [0.25, 0.3) is 0 Å². The van der Waals surface area contributed by atoms with Gasteiger partial charge in [-0.2, -0.15) is 0 Å². The SMILES string of the molecule is C#CCCc1cccc(NC(C)=O)c1. The summed E-state index contributed by atoms with van der Waals surface area (Å²) >= 11 is 0. The third-order valence-electron chi connectivity index (χ3n) is 1.81. The first kappa shape index (κ1) is 10.3. The molecule has 1 rings (SSSR count). The molecule has 2 nitrogen and oxygen atoms in total. The summed E-state index contributed by atoms with van der Waals surface area (Å²) in [5, 5.41) is 2.73. The highest BCUT2D eigenvalue weighted by Crippen LogP contribution is 2.11. The lowest BCUT2D eigenvalue weighted by Gasteiger charge is -2.03.